The Balaban J connectivity index is 3.49. The molecule has 76 valence electrons. The van der Waals surface area contributed by atoms with Crippen molar-refractivity contribution in [2.75, 3.05) is 6.61 Å². The van der Waals surface area contributed by atoms with Gasteiger partial charge >= 0.3 is 0 Å². The van der Waals surface area contributed by atoms with E-state index < -0.39 is 6.10 Å². The normalized spacial score (nSPS) is 13.5. The van der Waals surface area contributed by atoms with Crippen molar-refractivity contribution in [1.29, 1.82) is 0 Å². The van der Waals surface area contributed by atoms with Gasteiger partial charge in [-0.25, -0.2) is 0 Å². The van der Waals surface area contributed by atoms with Gasteiger partial charge in [-0.15, -0.1) is 0 Å². The summed E-state index contributed by atoms with van der Waals surface area (Å²) < 4.78 is 0. The summed E-state index contributed by atoms with van der Waals surface area (Å²) in [7, 11) is 0. The van der Waals surface area contributed by atoms with E-state index in [0.717, 1.165) is 6.42 Å². The van der Waals surface area contributed by atoms with Crippen molar-refractivity contribution in [2.45, 2.75) is 38.7 Å². The van der Waals surface area contributed by atoms with Gasteiger partial charge in [-0.05, 0) is 19.8 Å². The van der Waals surface area contributed by atoms with E-state index in [1.165, 1.54) is 0 Å². The Morgan fingerprint density at radius 2 is 2.23 bits per heavy atom. The first-order chi connectivity index (χ1) is 6.20. The van der Waals surface area contributed by atoms with Gasteiger partial charge in [0.1, 0.15) is 5.78 Å². The van der Waals surface area contributed by atoms with Crippen LogP contribution in [0.2, 0.25) is 0 Å². The standard InChI is InChI=1S/C10H18O3/c1-2-3-4-5-9(12)8-10(13)6-7-11/h2-3,10-11,13H,4-8H2,1H3. The van der Waals surface area contributed by atoms with Crippen molar-refractivity contribution in [2.24, 2.45) is 0 Å². The van der Waals surface area contributed by atoms with E-state index >= 15 is 0 Å². The summed E-state index contributed by atoms with van der Waals surface area (Å²) in [6.45, 7) is 1.84. The summed E-state index contributed by atoms with van der Waals surface area (Å²) in [6.07, 6.45) is 4.82. The molecule has 0 aliphatic heterocycles. The molecule has 13 heavy (non-hydrogen) atoms. The molecule has 0 bridgehead atoms. The Kier molecular flexibility index (Phi) is 7.54. The molecular formula is C10H18O3. The van der Waals surface area contributed by atoms with Gasteiger partial charge in [-0.2, -0.15) is 0 Å². The fourth-order valence-electron chi connectivity index (χ4n) is 1.03. The van der Waals surface area contributed by atoms with Crippen molar-refractivity contribution in [3.05, 3.63) is 12.2 Å². The fraction of sp³-hybridized carbons (Fsp3) is 0.700. The predicted molar refractivity (Wildman–Crippen MR) is 51.4 cm³/mol. The van der Waals surface area contributed by atoms with Crippen LogP contribution in [-0.4, -0.2) is 28.7 Å². The molecule has 2 N–H and O–H groups in total. The highest BCUT2D eigenvalue weighted by atomic mass is 16.3. The van der Waals surface area contributed by atoms with Crippen LogP contribution in [-0.2, 0) is 4.79 Å². The topological polar surface area (TPSA) is 57.5 Å². The lowest BCUT2D eigenvalue weighted by Crippen LogP contribution is -2.14. The van der Waals surface area contributed by atoms with Crippen LogP contribution in [0.25, 0.3) is 0 Å². The SMILES string of the molecule is CC=CCCC(=O)CC(O)CCO. The molecule has 1 unspecified atom stereocenters. The number of rotatable bonds is 7. The maximum Gasteiger partial charge on any atom is 0.135 e. The van der Waals surface area contributed by atoms with E-state index in [-0.39, 0.29) is 25.2 Å². The van der Waals surface area contributed by atoms with Gasteiger partial charge in [0.05, 0.1) is 6.10 Å². The molecule has 0 heterocycles. The quantitative estimate of drug-likeness (QED) is 0.584. The van der Waals surface area contributed by atoms with Crippen LogP contribution >= 0.6 is 0 Å². The van der Waals surface area contributed by atoms with Crippen LogP contribution in [0.1, 0.15) is 32.6 Å². The number of hydrogen-bond donors (Lipinski definition) is 2. The lowest BCUT2D eigenvalue weighted by atomic mass is 10.1. The number of aliphatic hydroxyl groups excluding tert-OH is 2. The Hall–Kier alpha value is -0.670. The molecule has 0 amide bonds. The van der Waals surface area contributed by atoms with Gasteiger partial charge in [0.15, 0.2) is 0 Å². The van der Waals surface area contributed by atoms with E-state index in [9.17, 15) is 9.90 Å². The summed E-state index contributed by atoms with van der Waals surface area (Å²) >= 11 is 0. The van der Waals surface area contributed by atoms with Crippen molar-refractivity contribution in [3.8, 4) is 0 Å². The molecule has 0 aromatic rings. The number of hydrogen-bond acceptors (Lipinski definition) is 3. The molecule has 0 aromatic carbocycles. The molecule has 0 rings (SSSR count). The average Bonchev–Trinajstić information content (AvgIpc) is 2.05. The maximum atomic E-state index is 11.1. The summed E-state index contributed by atoms with van der Waals surface area (Å²) in [5.74, 6) is 0.0547. The second-order valence-corrected chi connectivity index (χ2v) is 3.02. The lowest BCUT2D eigenvalue weighted by Gasteiger charge is -2.06. The molecule has 3 nitrogen and oxygen atoms in total. The van der Waals surface area contributed by atoms with Gasteiger partial charge in [-0.3, -0.25) is 4.79 Å². The smallest absolute Gasteiger partial charge is 0.135 e. The summed E-state index contributed by atoms with van der Waals surface area (Å²) in [5.41, 5.74) is 0. The molecule has 0 fully saturated rings. The van der Waals surface area contributed by atoms with Crippen LogP contribution in [0.5, 0.6) is 0 Å². The van der Waals surface area contributed by atoms with Crippen molar-refractivity contribution in [3.63, 3.8) is 0 Å². The van der Waals surface area contributed by atoms with E-state index in [0.29, 0.717) is 6.42 Å². The molecule has 0 spiro atoms. The number of allylic oxidation sites excluding steroid dienone is 2. The third-order valence-corrected chi connectivity index (χ3v) is 1.75. The van der Waals surface area contributed by atoms with Crippen LogP contribution in [0.4, 0.5) is 0 Å². The summed E-state index contributed by atoms with van der Waals surface area (Å²) in [6, 6.07) is 0. The molecular weight excluding hydrogens is 168 g/mol. The largest absolute Gasteiger partial charge is 0.396 e. The summed E-state index contributed by atoms with van der Waals surface area (Å²) in [5, 5.41) is 17.7. The zero-order valence-corrected chi connectivity index (χ0v) is 8.07. The minimum absolute atomic E-state index is 0.0547. The Labute approximate surface area is 79.1 Å². The number of ketones is 1. The minimum Gasteiger partial charge on any atom is -0.396 e. The van der Waals surface area contributed by atoms with Gasteiger partial charge < -0.3 is 10.2 Å². The molecule has 0 saturated carbocycles. The Morgan fingerprint density at radius 1 is 1.54 bits per heavy atom. The first kappa shape index (κ1) is 12.3. The molecule has 0 radical (unpaired) electrons. The average molecular weight is 186 g/mol. The lowest BCUT2D eigenvalue weighted by molar-refractivity contribution is -0.121. The predicted octanol–water partition coefficient (Wildman–Crippen LogP) is 1.05. The number of carbonyl (C=O) groups is 1. The zero-order valence-electron chi connectivity index (χ0n) is 8.07. The second kappa shape index (κ2) is 7.95. The van der Waals surface area contributed by atoms with Gasteiger partial charge in [-0.1, -0.05) is 12.2 Å². The zero-order chi connectivity index (χ0) is 10.1. The van der Waals surface area contributed by atoms with Crippen LogP contribution in [0.3, 0.4) is 0 Å². The minimum atomic E-state index is -0.678. The van der Waals surface area contributed by atoms with E-state index in [4.69, 9.17) is 5.11 Å². The second-order valence-electron chi connectivity index (χ2n) is 3.02. The van der Waals surface area contributed by atoms with Crippen molar-refractivity contribution in [1.82, 2.24) is 0 Å². The highest BCUT2D eigenvalue weighted by molar-refractivity contribution is 5.78. The first-order valence-corrected chi connectivity index (χ1v) is 4.62. The molecule has 1 atom stereocenters. The number of carbonyl (C=O) groups excluding carboxylic acids is 1. The summed E-state index contributed by atoms with van der Waals surface area (Å²) in [4.78, 5) is 11.1. The van der Waals surface area contributed by atoms with Crippen LogP contribution in [0, 0.1) is 0 Å². The van der Waals surface area contributed by atoms with Crippen molar-refractivity contribution < 1.29 is 15.0 Å². The number of aliphatic hydroxyl groups is 2. The highest BCUT2D eigenvalue weighted by Gasteiger charge is 2.08. The fourth-order valence-corrected chi connectivity index (χ4v) is 1.03. The number of Topliss-reactive ketones (excluding diaryl/α,β-unsaturated/α-hetero) is 1. The van der Waals surface area contributed by atoms with Gasteiger partial charge in [0, 0.05) is 19.4 Å². The first-order valence-electron chi connectivity index (χ1n) is 4.62. The van der Waals surface area contributed by atoms with Crippen molar-refractivity contribution >= 4 is 5.78 Å². The van der Waals surface area contributed by atoms with Gasteiger partial charge in [0.25, 0.3) is 0 Å². The molecule has 0 aliphatic rings. The highest BCUT2D eigenvalue weighted by Crippen LogP contribution is 2.03. The molecule has 0 saturated heterocycles. The van der Waals surface area contributed by atoms with Crippen LogP contribution < -0.4 is 0 Å². The van der Waals surface area contributed by atoms with Gasteiger partial charge in [0.2, 0.25) is 0 Å². The van der Waals surface area contributed by atoms with E-state index in [1.54, 1.807) is 0 Å². The molecule has 0 aliphatic carbocycles. The molecule has 3 heteroatoms. The maximum absolute atomic E-state index is 11.1. The Bertz CT molecular complexity index is 164. The monoisotopic (exact) mass is 186 g/mol. The van der Waals surface area contributed by atoms with E-state index in [2.05, 4.69) is 0 Å². The van der Waals surface area contributed by atoms with E-state index in [1.807, 2.05) is 19.1 Å². The third kappa shape index (κ3) is 7.68. The molecule has 0 aromatic heterocycles. The van der Waals surface area contributed by atoms with Crippen LogP contribution in [0.15, 0.2) is 12.2 Å². The third-order valence-electron chi connectivity index (χ3n) is 1.75. The Morgan fingerprint density at radius 3 is 2.77 bits per heavy atom.